The van der Waals surface area contributed by atoms with Gasteiger partial charge in [-0.3, -0.25) is 14.4 Å². The van der Waals surface area contributed by atoms with Gasteiger partial charge in [0.25, 0.3) is 0 Å². The van der Waals surface area contributed by atoms with Crippen LogP contribution >= 0.6 is 0 Å². The second kappa shape index (κ2) is 10.0. The second-order valence-electron chi connectivity index (χ2n) is 11.0. The van der Waals surface area contributed by atoms with E-state index in [2.05, 4.69) is 11.9 Å². The van der Waals surface area contributed by atoms with Crippen molar-refractivity contribution in [3.63, 3.8) is 0 Å². The highest BCUT2D eigenvalue weighted by molar-refractivity contribution is 5.91. The minimum absolute atomic E-state index is 0.287. The van der Waals surface area contributed by atoms with Crippen LogP contribution in [0.3, 0.4) is 0 Å². The molecule has 37 heavy (non-hydrogen) atoms. The minimum atomic E-state index is -1.82. The standard InChI is InChI=1S/C30H37NO6/c1-17-10-9-13-22-26(33)19(3)18(2)25-23(16-21-11-7-6-8-12-21)31-28(35)30(22,25)24(37-20(4)32)14-15-29(5,36)27(17)34/h6-9,11-15,17-18,22-26,33,36H,3,10,16H2,1-2,4-5H3,(H,31,35)/b13-9+,15-14+/t17-,18+,22?,23-,24+,25-,26+,29+,30+/m0/s1. The number of aliphatic hydroxyl groups excluding tert-OH is 1. The molecule has 1 saturated carbocycles. The van der Waals surface area contributed by atoms with E-state index in [1.54, 1.807) is 19.1 Å². The molecule has 1 saturated heterocycles. The molecule has 3 aliphatic rings. The number of rotatable bonds is 3. The van der Waals surface area contributed by atoms with Gasteiger partial charge in [0.1, 0.15) is 17.1 Å². The smallest absolute Gasteiger partial charge is 0.303 e. The van der Waals surface area contributed by atoms with Crippen molar-refractivity contribution in [3.05, 3.63) is 72.4 Å². The Kier molecular flexibility index (Phi) is 7.32. The maximum absolute atomic E-state index is 14.2. The van der Waals surface area contributed by atoms with Gasteiger partial charge in [0.05, 0.1) is 6.10 Å². The summed E-state index contributed by atoms with van der Waals surface area (Å²) in [5.41, 5.74) is -1.55. The van der Waals surface area contributed by atoms with Gasteiger partial charge >= 0.3 is 5.97 Å². The highest BCUT2D eigenvalue weighted by Gasteiger charge is 2.68. The molecule has 0 bridgehead atoms. The van der Waals surface area contributed by atoms with Crippen LogP contribution < -0.4 is 5.32 Å². The first-order valence-electron chi connectivity index (χ1n) is 12.9. The molecule has 1 spiro atoms. The number of aliphatic hydroxyl groups is 2. The molecule has 2 fully saturated rings. The fourth-order valence-electron chi connectivity index (χ4n) is 6.68. The van der Waals surface area contributed by atoms with Crippen LogP contribution in [-0.4, -0.2) is 51.7 Å². The molecule has 1 aromatic carbocycles. The molecule has 2 aliphatic carbocycles. The highest BCUT2D eigenvalue weighted by atomic mass is 16.5. The Hall–Kier alpha value is -3.03. The molecular formula is C30H37NO6. The lowest BCUT2D eigenvalue weighted by Gasteiger charge is -2.52. The van der Waals surface area contributed by atoms with Crippen molar-refractivity contribution in [1.29, 1.82) is 0 Å². The fraction of sp³-hybridized carbons (Fsp3) is 0.500. The second-order valence-corrected chi connectivity index (χ2v) is 11.0. The van der Waals surface area contributed by atoms with E-state index in [0.29, 0.717) is 18.4 Å². The average Bonchev–Trinajstić information content (AvgIpc) is 3.13. The van der Waals surface area contributed by atoms with Crippen LogP contribution in [0.25, 0.3) is 0 Å². The fourth-order valence-corrected chi connectivity index (χ4v) is 6.68. The Morgan fingerprint density at radius 2 is 1.86 bits per heavy atom. The number of hydrogen-bond donors (Lipinski definition) is 3. The number of hydrogen-bond acceptors (Lipinski definition) is 6. The zero-order valence-electron chi connectivity index (χ0n) is 21.9. The summed E-state index contributed by atoms with van der Waals surface area (Å²) in [7, 11) is 0. The van der Waals surface area contributed by atoms with E-state index >= 15 is 0 Å². The normalized spacial score (nSPS) is 41.6. The lowest BCUT2D eigenvalue weighted by atomic mass is 9.51. The summed E-state index contributed by atoms with van der Waals surface area (Å²) >= 11 is 0. The van der Waals surface area contributed by atoms with Crippen LogP contribution in [0.5, 0.6) is 0 Å². The monoisotopic (exact) mass is 507 g/mol. The first-order valence-corrected chi connectivity index (χ1v) is 12.9. The SMILES string of the molecule is C=C1[C@@H](O)C2/C=C/C[C@H](C)C(=O)[C@](C)(O)/C=C/[C@@H](OC(C)=O)[C@]23C(=O)N[C@@H](Cc2ccccc2)[C@@H]3[C@@H]1C. The van der Waals surface area contributed by atoms with Gasteiger partial charge in [-0.1, -0.05) is 62.9 Å². The van der Waals surface area contributed by atoms with Crippen LogP contribution in [0.4, 0.5) is 0 Å². The number of nitrogens with one attached hydrogen (secondary N) is 1. The number of carbonyl (C=O) groups is 3. The molecule has 1 heterocycles. The van der Waals surface area contributed by atoms with Crippen molar-refractivity contribution in [3.8, 4) is 0 Å². The van der Waals surface area contributed by atoms with E-state index in [9.17, 15) is 24.6 Å². The first-order chi connectivity index (χ1) is 17.4. The lowest BCUT2D eigenvalue weighted by molar-refractivity contribution is -0.166. The van der Waals surface area contributed by atoms with Gasteiger partial charge in [0.2, 0.25) is 5.91 Å². The van der Waals surface area contributed by atoms with Crippen LogP contribution in [-0.2, 0) is 25.5 Å². The molecule has 0 aromatic heterocycles. The van der Waals surface area contributed by atoms with Crippen molar-refractivity contribution in [2.24, 2.45) is 29.1 Å². The Morgan fingerprint density at radius 1 is 1.19 bits per heavy atom. The van der Waals surface area contributed by atoms with Gasteiger partial charge in [-0.05, 0) is 49.0 Å². The number of carbonyl (C=O) groups excluding carboxylic acids is 3. The molecule has 0 radical (unpaired) electrons. The summed E-state index contributed by atoms with van der Waals surface area (Å²) in [6.45, 7) is 10.5. The average molecular weight is 508 g/mol. The Labute approximate surface area is 218 Å². The third kappa shape index (κ3) is 4.59. The maximum Gasteiger partial charge on any atom is 0.303 e. The van der Waals surface area contributed by atoms with Crippen molar-refractivity contribution in [2.75, 3.05) is 0 Å². The van der Waals surface area contributed by atoms with Crippen LogP contribution in [0.1, 0.15) is 39.7 Å². The van der Waals surface area contributed by atoms with Gasteiger partial charge < -0.3 is 20.3 Å². The molecule has 3 N–H and O–H groups in total. The van der Waals surface area contributed by atoms with Crippen LogP contribution in [0, 0.1) is 29.1 Å². The maximum atomic E-state index is 14.2. The summed E-state index contributed by atoms with van der Waals surface area (Å²) in [5.74, 6) is -3.26. The topological polar surface area (TPSA) is 113 Å². The molecule has 1 aromatic rings. The molecule has 7 heteroatoms. The van der Waals surface area contributed by atoms with Crippen molar-refractivity contribution in [2.45, 2.75) is 64.4 Å². The number of ketones is 1. The number of ether oxygens (including phenoxy) is 1. The van der Waals surface area contributed by atoms with Gasteiger partial charge in [-0.25, -0.2) is 0 Å². The predicted octanol–water partition coefficient (Wildman–Crippen LogP) is 2.92. The minimum Gasteiger partial charge on any atom is -0.457 e. The molecule has 4 rings (SSSR count). The molecule has 9 atom stereocenters. The van der Waals surface area contributed by atoms with E-state index in [0.717, 1.165) is 5.56 Å². The highest BCUT2D eigenvalue weighted by Crippen LogP contribution is 2.58. The number of benzene rings is 1. The number of amides is 1. The van der Waals surface area contributed by atoms with Gasteiger partial charge in [0, 0.05) is 30.7 Å². The van der Waals surface area contributed by atoms with Gasteiger partial charge in [-0.15, -0.1) is 0 Å². The zero-order valence-corrected chi connectivity index (χ0v) is 21.9. The van der Waals surface area contributed by atoms with E-state index < -0.39 is 46.9 Å². The summed E-state index contributed by atoms with van der Waals surface area (Å²) in [6.07, 6.45) is 5.01. The van der Waals surface area contributed by atoms with Crippen LogP contribution in [0.15, 0.2) is 66.8 Å². The quantitative estimate of drug-likeness (QED) is 0.428. The van der Waals surface area contributed by atoms with Crippen molar-refractivity contribution < 1.29 is 29.3 Å². The molecule has 7 nitrogen and oxygen atoms in total. The van der Waals surface area contributed by atoms with Gasteiger partial charge in [-0.2, -0.15) is 0 Å². The summed E-state index contributed by atoms with van der Waals surface area (Å²) in [6, 6.07) is 9.49. The molecule has 1 unspecified atom stereocenters. The summed E-state index contributed by atoms with van der Waals surface area (Å²) < 4.78 is 5.81. The van der Waals surface area contributed by atoms with E-state index in [1.807, 2.05) is 37.3 Å². The third-order valence-electron chi connectivity index (χ3n) is 8.53. The largest absolute Gasteiger partial charge is 0.457 e. The molecular weight excluding hydrogens is 470 g/mol. The van der Waals surface area contributed by atoms with Gasteiger partial charge in [0.15, 0.2) is 5.78 Å². The molecule has 198 valence electrons. The first kappa shape index (κ1) is 27.0. The number of Topliss-reactive ketones (excluding diaryl/α,β-unsaturated/α-hetero) is 1. The zero-order chi connectivity index (χ0) is 27.1. The van der Waals surface area contributed by atoms with E-state index in [1.165, 1.54) is 26.0 Å². The van der Waals surface area contributed by atoms with Crippen molar-refractivity contribution >= 4 is 17.7 Å². The van der Waals surface area contributed by atoms with E-state index in [4.69, 9.17) is 4.74 Å². The van der Waals surface area contributed by atoms with Crippen LogP contribution in [0.2, 0.25) is 0 Å². The Bertz CT molecular complexity index is 1140. The Morgan fingerprint density at radius 3 is 2.51 bits per heavy atom. The number of esters is 1. The number of allylic oxidation sites excluding steroid dienone is 1. The summed E-state index contributed by atoms with van der Waals surface area (Å²) in [5, 5.41) is 25.7. The van der Waals surface area contributed by atoms with Crippen molar-refractivity contribution in [1.82, 2.24) is 5.32 Å². The summed E-state index contributed by atoms with van der Waals surface area (Å²) in [4.78, 5) is 39.5. The molecule has 1 aliphatic heterocycles. The molecule has 1 amide bonds. The lowest BCUT2D eigenvalue weighted by Crippen LogP contribution is -2.60. The predicted molar refractivity (Wildman–Crippen MR) is 139 cm³/mol. The third-order valence-corrected chi connectivity index (χ3v) is 8.53. The Balaban J connectivity index is 1.94. The van der Waals surface area contributed by atoms with E-state index in [-0.39, 0.29) is 23.7 Å².